The molecule has 1 aromatic carbocycles. The molecule has 3 aliphatic heterocycles. The highest BCUT2D eigenvalue weighted by Crippen LogP contribution is 2.50. The van der Waals surface area contributed by atoms with Gasteiger partial charge in [-0.2, -0.15) is 0 Å². The molecule has 2 saturated heterocycles. The minimum absolute atomic E-state index is 0.00950. The van der Waals surface area contributed by atoms with Crippen LogP contribution in [0.1, 0.15) is 49.0 Å². The number of carbonyl (C=O) groups excluding carboxylic acids is 1. The number of piperidine rings is 1. The number of nitrogens with zero attached hydrogens (tertiary/aromatic N) is 3. The lowest BCUT2D eigenvalue weighted by Crippen LogP contribution is -2.51. The molecule has 4 heterocycles. The van der Waals surface area contributed by atoms with E-state index < -0.39 is 0 Å². The van der Waals surface area contributed by atoms with Crippen LogP contribution < -0.4 is 5.56 Å². The highest BCUT2D eigenvalue weighted by Gasteiger charge is 2.56. The standard InChI is InChI=1S/C27H33N3O3/c1-2-9-20-12-13-23-24-21(17-29(23)26(20)32)22(18-31)25(27(33)28-14-7-4-8-15-28)30(24)16-19-10-5-3-6-11-19/h2-3,5-6,9-13,21-22,24-25,31H,4,7-8,14-18H2,1H3/b9-2-/t21-,22-,24+,25-/m1/s1. The lowest BCUT2D eigenvalue weighted by molar-refractivity contribution is -0.139. The molecule has 0 bridgehead atoms. The fourth-order valence-corrected chi connectivity index (χ4v) is 6.18. The number of fused-ring (bicyclic) bond motifs is 3. The Morgan fingerprint density at radius 1 is 1.09 bits per heavy atom. The first kappa shape index (κ1) is 22.1. The number of hydrogen-bond acceptors (Lipinski definition) is 4. The number of likely N-dealkylation sites (tertiary alicyclic amines) is 2. The lowest BCUT2D eigenvalue weighted by atomic mass is 9.88. The van der Waals surface area contributed by atoms with Gasteiger partial charge in [-0.1, -0.05) is 42.5 Å². The van der Waals surface area contributed by atoms with Gasteiger partial charge in [0.2, 0.25) is 5.91 Å². The van der Waals surface area contributed by atoms with Crippen molar-refractivity contribution < 1.29 is 9.90 Å². The molecule has 174 valence electrons. The van der Waals surface area contributed by atoms with Crippen LogP contribution in [0, 0.1) is 11.8 Å². The van der Waals surface area contributed by atoms with Crippen LogP contribution in [0.15, 0.2) is 53.3 Å². The summed E-state index contributed by atoms with van der Waals surface area (Å²) >= 11 is 0. The minimum Gasteiger partial charge on any atom is -0.396 e. The van der Waals surface area contributed by atoms with Gasteiger partial charge in [0.1, 0.15) is 0 Å². The van der Waals surface area contributed by atoms with Gasteiger partial charge in [-0.3, -0.25) is 14.5 Å². The van der Waals surface area contributed by atoms with E-state index in [0.717, 1.165) is 37.2 Å². The van der Waals surface area contributed by atoms with Crippen LogP contribution in [0.5, 0.6) is 0 Å². The van der Waals surface area contributed by atoms with Gasteiger partial charge in [0, 0.05) is 55.9 Å². The topological polar surface area (TPSA) is 65.8 Å². The fourth-order valence-electron chi connectivity index (χ4n) is 6.18. The predicted octanol–water partition coefficient (Wildman–Crippen LogP) is 3.06. The largest absolute Gasteiger partial charge is 0.396 e. The Morgan fingerprint density at radius 2 is 1.85 bits per heavy atom. The molecule has 3 aliphatic rings. The summed E-state index contributed by atoms with van der Waals surface area (Å²) in [5, 5.41) is 10.5. The number of benzene rings is 1. The second kappa shape index (κ2) is 9.27. The van der Waals surface area contributed by atoms with Crippen LogP contribution in [0.2, 0.25) is 0 Å². The zero-order chi connectivity index (χ0) is 22.9. The number of pyridine rings is 1. The molecular weight excluding hydrogens is 414 g/mol. The van der Waals surface area contributed by atoms with Crippen molar-refractivity contribution in [2.45, 2.75) is 51.4 Å². The van der Waals surface area contributed by atoms with E-state index in [2.05, 4.69) is 17.0 Å². The predicted molar refractivity (Wildman–Crippen MR) is 128 cm³/mol. The average molecular weight is 448 g/mol. The number of aromatic nitrogens is 1. The van der Waals surface area contributed by atoms with Gasteiger partial charge in [0.15, 0.2) is 0 Å². The zero-order valence-corrected chi connectivity index (χ0v) is 19.3. The molecule has 0 radical (unpaired) electrons. The normalized spacial score (nSPS) is 27.2. The van der Waals surface area contributed by atoms with Gasteiger partial charge >= 0.3 is 0 Å². The number of hydrogen-bond donors (Lipinski definition) is 1. The van der Waals surface area contributed by atoms with E-state index >= 15 is 0 Å². The van der Waals surface area contributed by atoms with E-state index in [1.807, 2.05) is 58.9 Å². The Morgan fingerprint density at radius 3 is 2.55 bits per heavy atom. The minimum atomic E-state index is -0.373. The summed E-state index contributed by atoms with van der Waals surface area (Å²) in [6, 6.07) is 13.7. The van der Waals surface area contributed by atoms with Crippen molar-refractivity contribution in [2.75, 3.05) is 19.7 Å². The summed E-state index contributed by atoms with van der Waals surface area (Å²) in [5.41, 5.74) is 2.78. The molecule has 0 saturated carbocycles. The van der Waals surface area contributed by atoms with Gasteiger partial charge < -0.3 is 14.6 Å². The smallest absolute Gasteiger partial charge is 0.258 e. The first-order valence-corrected chi connectivity index (χ1v) is 12.2. The summed E-state index contributed by atoms with van der Waals surface area (Å²) in [4.78, 5) is 31.2. The number of carbonyl (C=O) groups is 1. The van der Waals surface area contributed by atoms with Gasteiger partial charge in [-0.15, -0.1) is 0 Å². The average Bonchev–Trinajstić information content (AvgIpc) is 3.37. The number of amides is 1. The third-order valence-corrected chi connectivity index (χ3v) is 7.70. The van der Waals surface area contributed by atoms with Crippen molar-refractivity contribution in [1.82, 2.24) is 14.4 Å². The van der Waals surface area contributed by atoms with E-state index in [4.69, 9.17) is 0 Å². The highest BCUT2D eigenvalue weighted by molar-refractivity contribution is 5.83. The van der Waals surface area contributed by atoms with E-state index in [1.165, 1.54) is 6.42 Å². The first-order chi connectivity index (χ1) is 16.1. The van der Waals surface area contributed by atoms with Crippen molar-refractivity contribution in [1.29, 1.82) is 0 Å². The number of aliphatic hydroxyl groups excluding tert-OH is 1. The maximum absolute atomic E-state index is 13.8. The van der Waals surface area contributed by atoms with Crippen LogP contribution in [-0.2, 0) is 17.9 Å². The van der Waals surface area contributed by atoms with Gasteiger partial charge in [-0.25, -0.2) is 0 Å². The van der Waals surface area contributed by atoms with Gasteiger partial charge in [0.05, 0.1) is 12.1 Å². The number of allylic oxidation sites excluding steroid dienone is 1. The molecule has 4 atom stereocenters. The molecule has 6 nitrogen and oxygen atoms in total. The first-order valence-electron chi connectivity index (χ1n) is 12.2. The second-order valence-electron chi connectivity index (χ2n) is 9.57. The summed E-state index contributed by atoms with van der Waals surface area (Å²) in [6.45, 7) is 4.61. The van der Waals surface area contributed by atoms with Crippen LogP contribution in [-0.4, -0.2) is 51.1 Å². The molecule has 33 heavy (non-hydrogen) atoms. The highest BCUT2D eigenvalue weighted by atomic mass is 16.3. The molecule has 1 aromatic heterocycles. The Bertz CT molecular complexity index is 1090. The van der Waals surface area contributed by atoms with Crippen molar-refractivity contribution in [3.63, 3.8) is 0 Å². The van der Waals surface area contributed by atoms with Gasteiger partial charge in [0.25, 0.3) is 5.56 Å². The molecule has 0 unspecified atom stereocenters. The lowest BCUT2D eigenvalue weighted by Gasteiger charge is -2.36. The monoisotopic (exact) mass is 447 g/mol. The maximum Gasteiger partial charge on any atom is 0.258 e. The molecule has 0 spiro atoms. The number of rotatable bonds is 5. The summed E-state index contributed by atoms with van der Waals surface area (Å²) < 4.78 is 1.87. The van der Waals surface area contributed by atoms with Crippen LogP contribution in [0.25, 0.3) is 6.08 Å². The third kappa shape index (κ3) is 3.85. The van der Waals surface area contributed by atoms with E-state index in [0.29, 0.717) is 18.7 Å². The molecule has 5 rings (SSSR count). The van der Waals surface area contributed by atoms with Crippen LogP contribution >= 0.6 is 0 Å². The Balaban J connectivity index is 1.57. The molecule has 1 N–H and O–H groups in total. The maximum atomic E-state index is 13.8. The summed E-state index contributed by atoms with van der Waals surface area (Å²) in [7, 11) is 0. The fraction of sp³-hybridized carbons (Fsp3) is 0.481. The molecule has 1 amide bonds. The Kier molecular flexibility index (Phi) is 6.21. The van der Waals surface area contributed by atoms with E-state index in [1.54, 1.807) is 0 Å². The number of aliphatic hydroxyl groups is 1. The van der Waals surface area contributed by atoms with Crippen molar-refractivity contribution in [2.24, 2.45) is 11.8 Å². The molecule has 6 heteroatoms. The summed E-state index contributed by atoms with van der Waals surface area (Å²) in [5.74, 6) is -0.0258. The molecular formula is C27H33N3O3. The van der Waals surface area contributed by atoms with Crippen molar-refractivity contribution in [3.8, 4) is 0 Å². The van der Waals surface area contributed by atoms with E-state index in [9.17, 15) is 14.7 Å². The SMILES string of the molecule is C/C=C\c1ccc2n(c1=O)C[C@@H]1[C@@H](CO)[C@H](C(=O)N3CCCCC3)N(Cc3ccccc3)[C@H]21. The van der Waals surface area contributed by atoms with E-state index in [-0.39, 0.29) is 42.0 Å². The van der Waals surface area contributed by atoms with Crippen LogP contribution in [0.4, 0.5) is 0 Å². The third-order valence-electron chi connectivity index (χ3n) is 7.70. The second-order valence-corrected chi connectivity index (χ2v) is 9.57. The van der Waals surface area contributed by atoms with Crippen LogP contribution in [0.3, 0.4) is 0 Å². The zero-order valence-electron chi connectivity index (χ0n) is 19.3. The Labute approximate surface area is 195 Å². The Hall–Kier alpha value is -2.70. The quantitative estimate of drug-likeness (QED) is 0.765. The molecule has 0 aliphatic carbocycles. The van der Waals surface area contributed by atoms with Crippen molar-refractivity contribution >= 4 is 12.0 Å². The van der Waals surface area contributed by atoms with Crippen molar-refractivity contribution in [3.05, 3.63) is 75.7 Å². The molecule has 2 fully saturated rings. The van der Waals surface area contributed by atoms with Gasteiger partial charge in [-0.05, 0) is 43.9 Å². The summed E-state index contributed by atoms with van der Waals surface area (Å²) in [6.07, 6.45) is 6.98. The molecule has 2 aromatic rings.